The summed E-state index contributed by atoms with van der Waals surface area (Å²) in [4.78, 5) is 0. The van der Waals surface area contributed by atoms with Crippen LogP contribution >= 0.6 is 22.6 Å². The average Bonchev–Trinajstić information content (AvgIpc) is 2.12. The summed E-state index contributed by atoms with van der Waals surface area (Å²) in [7, 11) is 0. The van der Waals surface area contributed by atoms with Crippen molar-refractivity contribution in [2.75, 3.05) is 0 Å². The molecule has 0 spiro atoms. The molecule has 4 heteroatoms. The number of halogens is 1. The van der Waals surface area contributed by atoms with Crippen LogP contribution in [-0.2, 0) is 0 Å². The summed E-state index contributed by atoms with van der Waals surface area (Å²) in [5, 5.41) is 15.0. The Hall–Kier alpha value is -0.570. The maximum atomic E-state index is 8.47. The molecule has 0 amide bonds. The molecule has 0 fully saturated rings. The van der Waals surface area contributed by atoms with E-state index in [4.69, 9.17) is 5.26 Å². The van der Waals surface area contributed by atoms with E-state index in [1.807, 2.05) is 28.7 Å². The first kappa shape index (κ1) is 6.55. The summed E-state index contributed by atoms with van der Waals surface area (Å²) in [6, 6.07) is 2.04. The largest absolute Gasteiger partial charge is 0.271 e. The van der Waals surface area contributed by atoms with Crippen LogP contribution in [0.2, 0.25) is 0 Å². The molecule has 1 rings (SSSR count). The smallest absolute Gasteiger partial charge is 0.114 e. The topological polar surface area (TPSA) is 52.5 Å². The fraction of sp³-hybridized carbons (Fsp3) is 0.200. The third-order valence-corrected chi connectivity index (χ3v) is 1.80. The number of nitriles is 1. The SMILES string of the molecule is Cc1n[nH]c(I)c1C#N. The first-order valence-corrected chi connectivity index (χ1v) is 3.44. The minimum absolute atomic E-state index is 0.649. The Labute approximate surface area is 66.2 Å². The Morgan fingerprint density at radius 3 is 2.67 bits per heavy atom. The molecule has 1 aromatic rings. The second kappa shape index (κ2) is 2.35. The molecule has 0 unspecified atom stereocenters. The molecule has 0 atom stereocenters. The first-order chi connectivity index (χ1) is 4.25. The van der Waals surface area contributed by atoms with Crippen molar-refractivity contribution in [1.29, 1.82) is 5.26 Å². The molecular weight excluding hydrogens is 229 g/mol. The third-order valence-electron chi connectivity index (χ3n) is 1.01. The summed E-state index contributed by atoms with van der Waals surface area (Å²) in [6.07, 6.45) is 0. The van der Waals surface area contributed by atoms with Crippen molar-refractivity contribution in [3.05, 3.63) is 15.0 Å². The van der Waals surface area contributed by atoms with Gasteiger partial charge in [-0.2, -0.15) is 10.4 Å². The predicted octanol–water partition coefficient (Wildman–Crippen LogP) is 1.19. The number of H-pyrrole nitrogens is 1. The second-order valence-corrected chi connectivity index (χ2v) is 2.69. The molecule has 0 bridgehead atoms. The van der Waals surface area contributed by atoms with Crippen LogP contribution in [0.5, 0.6) is 0 Å². The van der Waals surface area contributed by atoms with Gasteiger partial charge in [0, 0.05) is 0 Å². The van der Waals surface area contributed by atoms with Crippen molar-refractivity contribution < 1.29 is 0 Å². The van der Waals surface area contributed by atoms with Crippen LogP contribution in [-0.4, -0.2) is 10.2 Å². The standard InChI is InChI=1S/C5H4IN3/c1-3-4(2-7)5(6)9-8-3/h1H3,(H,8,9). The molecule has 0 saturated heterocycles. The molecule has 1 heterocycles. The van der Waals surface area contributed by atoms with Gasteiger partial charge in [0.15, 0.2) is 0 Å². The highest BCUT2D eigenvalue weighted by molar-refractivity contribution is 14.1. The second-order valence-electron chi connectivity index (χ2n) is 1.61. The molecule has 0 radical (unpaired) electrons. The van der Waals surface area contributed by atoms with Gasteiger partial charge in [-0.05, 0) is 29.5 Å². The number of nitrogens with zero attached hydrogens (tertiary/aromatic N) is 2. The highest BCUT2D eigenvalue weighted by atomic mass is 127. The highest BCUT2D eigenvalue weighted by Crippen LogP contribution is 2.09. The summed E-state index contributed by atoms with van der Waals surface area (Å²) in [5.74, 6) is 0. The number of nitrogens with one attached hydrogen (secondary N) is 1. The number of hydrogen-bond donors (Lipinski definition) is 1. The molecule has 3 nitrogen and oxygen atoms in total. The fourth-order valence-electron chi connectivity index (χ4n) is 0.534. The fourth-order valence-corrected chi connectivity index (χ4v) is 1.17. The van der Waals surface area contributed by atoms with Crippen molar-refractivity contribution in [2.24, 2.45) is 0 Å². The Morgan fingerprint density at radius 2 is 2.44 bits per heavy atom. The van der Waals surface area contributed by atoms with Crippen molar-refractivity contribution in [3.8, 4) is 6.07 Å². The lowest BCUT2D eigenvalue weighted by molar-refractivity contribution is 1.03. The Kier molecular flexibility index (Phi) is 1.71. The van der Waals surface area contributed by atoms with Gasteiger partial charge in [0.1, 0.15) is 15.3 Å². The van der Waals surface area contributed by atoms with Gasteiger partial charge in [0.25, 0.3) is 0 Å². The average molecular weight is 233 g/mol. The number of aromatic amines is 1. The monoisotopic (exact) mass is 233 g/mol. The minimum atomic E-state index is 0.649. The normalized spacial score (nSPS) is 9.00. The molecule has 46 valence electrons. The summed E-state index contributed by atoms with van der Waals surface area (Å²) >= 11 is 2.04. The van der Waals surface area contributed by atoms with E-state index in [1.165, 1.54) is 0 Å². The molecule has 1 N–H and O–H groups in total. The zero-order valence-corrected chi connectivity index (χ0v) is 6.93. The van der Waals surface area contributed by atoms with Gasteiger partial charge >= 0.3 is 0 Å². The Bertz CT molecular complexity index is 238. The number of aromatic nitrogens is 2. The lowest BCUT2D eigenvalue weighted by Gasteiger charge is -1.78. The van der Waals surface area contributed by atoms with Crippen LogP contribution in [0, 0.1) is 22.0 Å². The van der Waals surface area contributed by atoms with Crippen LogP contribution in [0.1, 0.15) is 11.3 Å². The lowest BCUT2D eigenvalue weighted by Crippen LogP contribution is -1.75. The van der Waals surface area contributed by atoms with Crippen LogP contribution in [0.15, 0.2) is 0 Å². The van der Waals surface area contributed by atoms with Crippen molar-refractivity contribution in [1.82, 2.24) is 10.2 Å². The molecule has 0 aromatic carbocycles. The van der Waals surface area contributed by atoms with Crippen molar-refractivity contribution in [3.63, 3.8) is 0 Å². The maximum Gasteiger partial charge on any atom is 0.114 e. The van der Waals surface area contributed by atoms with Crippen LogP contribution < -0.4 is 0 Å². The quantitative estimate of drug-likeness (QED) is 0.684. The highest BCUT2D eigenvalue weighted by Gasteiger charge is 2.03. The van der Waals surface area contributed by atoms with Gasteiger partial charge in [-0.15, -0.1) is 0 Å². The van der Waals surface area contributed by atoms with Gasteiger partial charge in [-0.1, -0.05) is 0 Å². The van der Waals surface area contributed by atoms with Crippen LogP contribution in [0.4, 0.5) is 0 Å². The Morgan fingerprint density at radius 1 is 1.78 bits per heavy atom. The number of hydrogen-bond acceptors (Lipinski definition) is 2. The van der Waals surface area contributed by atoms with E-state index in [0.717, 1.165) is 9.39 Å². The zero-order chi connectivity index (χ0) is 6.85. The summed E-state index contributed by atoms with van der Waals surface area (Å²) < 4.78 is 0.813. The van der Waals surface area contributed by atoms with Crippen molar-refractivity contribution in [2.45, 2.75) is 6.92 Å². The minimum Gasteiger partial charge on any atom is -0.271 e. The van der Waals surface area contributed by atoms with Crippen LogP contribution in [0.25, 0.3) is 0 Å². The van der Waals surface area contributed by atoms with E-state index in [1.54, 1.807) is 6.92 Å². The Balaban J connectivity index is 3.27. The molecule has 1 aromatic heterocycles. The molecule has 0 saturated carbocycles. The van der Waals surface area contributed by atoms with E-state index < -0.39 is 0 Å². The van der Waals surface area contributed by atoms with E-state index in [9.17, 15) is 0 Å². The van der Waals surface area contributed by atoms with Crippen LogP contribution in [0.3, 0.4) is 0 Å². The zero-order valence-electron chi connectivity index (χ0n) is 4.77. The molecule has 9 heavy (non-hydrogen) atoms. The first-order valence-electron chi connectivity index (χ1n) is 2.36. The van der Waals surface area contributed by atoms with E-state index in [-0.39, 0.29) is 0 Å². The predicted molar refractivity (Wildman–Crippen MR) is 40.8 cm³/mol. The van der Waals surface area contributed by atoms with Gasteiger partial charge < -0.3 is 0 Å². The van der Waals surface area contributed by atoms with Crippen molar-refractivity contribution >= 4 is 22.6 Å². The van der Waals surface area contributed by atoms with Gasteiger partial charge in [-0.25, -0.2) is 0 Å². The lowest BCUT2D eigenvalue weighted by atomic mass is 10.3. The number of aryl methyl sites for hydroxylation is 1. The number of rotatable bonds is 0. The van der Waals surface area contributed by atoms with Gasteiger partial charge in [0.2, 0.25) is 0 Å². The molecule has 0 aliphatic carbocycles. The summed E-state index contributed by atoms with van der Waals surface area (Å²) in [6.45, 7) is 1.80. The van der Waals surface area contributed by atoms with E-state index >= 15 is 0 Å². The summed E-state index contributed by atoms with van der Waals surface area (Å²) in [5.41, 5.74) is 1.41. The van der Waals surface area contributed by atoms with E-state index in [0.29, 0.717) is 5.56 Å². The maximum absolute atomic E-state index is 8.47. The van der Waals surface area contributed by atoms with E-state index in [2.05, 4.69) is 10.2 Å². The molecule has 0 aliphatic heterocycles. The molecule has 0 aliphatic rings. The third kappa shape index (κ3) is 1.05. The van der Waals surface area contributed by atoms with Gasteiger partial charge in [-0.3, -0.25) is 5.10 Å². The van der Waals surface area contributed by atoms with Gasteiger partial charge in [0.05, 0.1) is 5.69 Å². The molecular formula is C5H4IN3.